The standard InChI is InChI=1S/C30H40N2O2/c1-29(2,3)25-15-9-23(10-16-25)13-19-27(33)31-21-7-8-22-32-28(34)20-14-24-11-17-26(18-12-24)30(4,5)6/h9-20H,7-8,21-22H2,1-6H3,(H,31,33)(H,32,34). The summed E-state index contributed by atoms with van der Waals surface area (Å²) < 4.78 is 0. The molecule has 0 spiro atoms. The second-order valence-corrected chi connectivity index (χ2v) is 10.7. The Kier molecular flexibility index (Phi) is 9.85. The van der Waals surface area contributed by atoms with E-state index >= 15 is 0 Å². The van der Waals surface area contributed by atoms with E-state index in [1.165, 1.54) is 11.1 Å². The molecular formula is C30H40N2O2. The summed E-state index contributed by atoms with van der Waals surface area (Å²) in [6.07, 6.45) is 8.38. The summed E-state index contributed by atoms with van der Waals surface area (Å²) in [7, 11) is 0. The van der Waals surface area contributed by atoms with Crippen LogP contribution in [0.2, 0.25) is 0 Å². The molecule has 0 aromatic heterocycles. The normalized spacial score (nSPS) is 12.3. The van der Waals surface area contributed by atoms with Gasteiger partial charge in [-0.3, -0.25) is 9.59 Å². The van der Waals surface area contributed by atoms with E-state index in [1.807, 2.05) is 36.4 Å². The highest BCUT2D eigenvalue weighted by molar-refractivity contribution is 5.92. The lowest BCUT2D eigenvalue weighted by Gasteiger charge is -2.18. The first-order valence-corrected chi connectivity index (χ1v) is 12.1. The van der Waals surface area contributed by atoms with Gasteiger partial charge in [0, 0.05) is 25.2 Å². The highest BCUT2D eigenvalue weighted by Gasteiger charge is 2.13. The Morgan fingerprint density at radius 1 is 0.618 bits per heavy atom. The van der Waals surface area contributed by atoms with Crippen LogP contribution in [0.5, 0.6) is 0 Å². The number of benzene rings is 2. The summed E-state index contributed by atoms with van der Waals surface area (Å²) >= 11 is 0. The van der Waals surface area contributed by atoms with E-state index in [0.29, 0.717) is 13.1 Å². The first kappa shape index (κ1) is 27.1. The molecule has 182 valence electrons. The monoisotopic (exact) mass is 460 g/mol. The minimum atomic E-state index is -0.107. The van der Waals surface area contributed by atoms with Crippen molar-refractivity contribution in [2.75, 3.05) is 13.1 Å². The Hall–Kier alpha value is -3.14. The average Bonchev–Trinajstić information content (AvgIpc) is 2.78. The molecule has 0 saturated heterocycles. The number of rotatable bonds is 9. The maximum Gasteiger partial charge on any atom is 0.243 e. The summed E-state index contributed by atoms with van der Waals surface area (Å²) in [5, 5.41) is 5.77. The smallest absolute Gasteiger partial charge is 0.243 e. The molecule has 2 amide bonds. The highest BCUT2D eigenvalue weighted by Crippen LogP contribution is 2.23. The van der Waals surface area contributed by atoms with Crippen LogP contribution in [0.3, 0.4) is 0 Å². The van der Waals surface area contributed by atoms with Crippen LogP contribution in [-0.4, -0.2) is 24.9 Å². The molecule has 2 N–H and O–H groups in total. The molecule has 0 aliphatic carbocycles. The molecule has 0 fully saturated rings. The predicted octanol–water partition coefficient (Wildman–Crippen LogP) is 6.02. The van der Waals surface area contributed by atoms with Crippen LogP contribution in [0, 0.1) is 0 Å². The van der Waals surface area contributed by atoms with Crippen LogP contribution in [0.25, 0.3) is 12.2 Å². The zero-order valence-electron chi connectivity index (χ0n) is 21.6. The van der Waals surface area contributed by atoms with Gasteiger partial charge in [0.05, 0.1) is 0 Å². The van der Waals surface area contributed by atoms with E-state index < -0.39 is 0 Å². The summed E-state index contributed by atoms with van der Waals surface area (Å²) in [6.45, 7) is 14.2. The molecule has 0 heterocycles. The fourth-order valence-corrected chi connectivity index (χ4v) is 3.32. The zero-order chi connectivity index (χ0) is 25.2. The molecule has 0 atom stereocenters. The van der Waals surface area contributed by atoms with Gasteiger partial charge in [0.2, 0.25) is 11.8 Å². The second kappa shape index (κ2) is 12.4. The predicted molar refractivity (Wildman–Crippen MR) is 144 cm³/mol. The van der Waals surface area contributed by atoms with Crippen LogP contribution in [0.4, 0.5) is 0 Å². The third-order valence-corrected chi connectivity index (χ3v) is 5.61. The Balaban J connectivity index is 1.61. The van der Waals surface area contributed by atoms with Gasteiger partial charge in [-0.1, -0.05) is 90.1 Å². The Morgan fingerprint density at radius 3 is 1.24 bits per heavy atom. The van der Waals surface area contributed by atoms with Crippen molar-refractivity contribution in [3.8, 4) is 0 Å². The number of amides is 2. The third-order valence-electron chi connectivity index (χ3n) is 5.61. The van der Waals surface area contributed by atoms with E-state index in [2.05, 4.69) is 76.4 Å². The fourth-order valence-electron chi connectivity index (χ4n) is 3.32. The van der Waals surface area contributed by atoms with E-state index in [-0.39, 0.29) is 22.6 Å². The van der Waals surface area contributed by atoms with E-state index in [1.54, 1.807) is 12.2 Å². The molecule has 0 saturated carbocycles. The van der Waals surface area contributed by atoms with Crippen LogP contribution in [0.15, 0.2) is 60.7 Å². The molecule has 4 nitrogen and oxygen atoms in total. The summed E-state index contributed by atoms with van der Waals surface area (Å²) in [5.74, 6) is -0.214. The molecular weight excluding hydrogens is 420 g/mol. The number of hydrogen-bond acceptors (Lipinski definition) is 2. The number of nitrogens with one attached hydrogen (secondary N) is 2. The van der Waals surface area contributed by atoms with Crippen LogP contribution in [-0.2, 0) is 20.4 Å². The Bertz CT molecular complexity index is 903. The van der Waals surface area contributed by atoms with E-state index in [9.17, 15) is 9.59 Å². The van der Waals surface area contributed by atoms with Crippen molar-refractivity contribution in [3.05, 3.63) is 82.9 Å². The quantitative estimate of drug-likeness (QED) is 0.355. The van der Waals surface area contributed by atoms with Gasteiger partial charge in [0.15, 0.2) is 0 Å². The molecule has 2 aromatic carbocycles. The first-order valence-electron chi connectivity index (χ1n) is 12.1. The second-order valence-electron chi connectivity index (χ2n) is 10.7. The van der Waals surface area contributed by atoms with Gasteiger partial charge in [-0.25, -0.2) is 0 Å². The van der Waals surface area contributed by atoms with Gasteiger partial charge in [-0.05, 0) is 58.1 Å². The van der Waals surface area contributed by atoms with Gasteiger partial charge in [0.25, 0.3) is 0 Å². The molecule has 0 aliphatic heterocycles. The van der Waals surface area contributed by atoms with E-state index in [0.717, 1.165) is 24.0 Å². The van der Waals surface area contributed by atoms with Crippen molar-refractivity contribution in [2.45, 2.75) is 65.2 Å². The molecule has 4 heteroatoms. The molecule has 34 heavy (non-hydrogen) atoms. The van der Waals surface area contributed by atoms with Crippen molar-refractivity contribution < 1.29 is 9.59 Å². The zero-order valence-corrected chi connectivity index (χ0v) is 21.6. The summed E-state index contributed by atoms with van der Waals surface area (Å²) in [5.41, 5.74) is 4.78. The van der Waals surface area contributed by atoms with Crippen LogP contribution < -0.4 is 10.6 Å². The van der Waals surface area contributed by atoms with Gasteiger partial charge < -0.3 is 10.6 Å². The van der Waals surface area contributed by atoms with Crippen molar-refractivity contribution in [1.29, 1.82) is 0 Å². The number of unbranched alkanes of at least 4 members (excludes halogenated alkanes) is 1. The fraction of sp³-hybridized carbons (Fsp3) is 0.400. The molecule has 0 bridgehead atoms. The van der Waals surface area contributed by atoms with Gasteiger partial charge in [-0.2, -0.15) is 0 Å². The lowest BCUT2D eigenvalue weighted by Crippen LogP contribution is -2.25. The Morgan fingerprint density at radius 2 is 0.941 bits per heavy atom. The first-order chi connectivity index (χ1) is 15.9. The topological polar surface area (TPSA) is 58.2 Å². The molecule has 2 aromatic rings. The third kappa shape index (κ3) is 9.78. The van der Waals surface area contributed by atoms with Gasteiger partial charge in [-0.15, -0.1) is 0 Å². The van der Waals surface area contributed by atoms with E-state index in [4.69, 9.17) is 0 Å². The lowest BCUT2D eigenvalue weighted by atomic mass is 9.87. The SMILES string of the molecule is CC(C)(C)c1ccc(C=CC(=O)NCCCCNC(=O)C=Cc2ccc(C(C)(C)C)cc2)cc1. The van der Waals surface area contributed by atoms with Gasteiger partial charge in [0.1, 0.15) is 0 Å². The number of hydrogen-bond donors (Lipinski definition) is 2. The minimum Gasteiger partial charge on any atom is -0.353 e. The largest absolute Gasteiger partial charge is 0.353 e. The molecule has 0 unspecified atom stereocenters. The maximum absolute atomic E-state index is 12.0. The maximum atomic E-state index is 12.0. The van der Waals surface area contributed by atoms with Crippen molar-refractivity contribution >= 4 is 24.0 Å². The summed E-state index contributed by atoms with van der Waals surface area (Å²) in [6, 6.07) is 16.5. The highest BCUT2D eigenvalue weighted by atomic mass is 16.2. The average molecular weight is 461 g/mol. The minimum absolute atomic E-state index is 0.107. The number of carbonyl (C=O) groups excluding carboxylic acids is 2. The van der Waals surface area contributed by atoms with Crippen molar-refractivity contribution in [1.82, 2.24) is 10.6 Å². The molecule has 0 aliphatic rings. The van der Waals surface area contributed by atoms with Crippen molar-refractivity contribution in [2.24, 2.45) is 0 Å². The van der Waals surface area contributed by atoms with Gasteiger partial charge >= 0.3 is 0 Å². The Labute approximate surface area is 205 Å². The molecule has 2 rings (SSSR count). The summed E-state index contributed by atoms with van der Waals surface area (Å²) in [4.78, 5) is 24.0. The van der Waals surface area contributed by atoms with Crippen LogP contribution in [0.1, 0.15) is 76.6 Å². The number of carbonyl (C=O) groups is 2. The van der Waals surface area contributed by atoms with Crippen LogP contribution >= 0.6 is 0 Å². The van der Waals surface area contributed by atoms with Crippen molar-refractivity contribution in [3.63, 3.8) is 0 Å². The lowest BCUT2D eigenvalue weighted by molar-refractivity contribution is -0.117. The molecule has 0 radical (unpaired) electrons.